The number of nitrogens with one attached hydrogen (secondary N) is 2. The van der Waals surface area contributed by atoms with Gasteiger partial charge in [-0.1, -0.05) is 12.1 Å². The molecule has 1 amide bonds. The van der Waals surface area contributed by atoms with Crippen LogP contribution in [-0.4, -0.2) is 18.0 Å². The molecule has 0 bridgehead atoms. The molecule has 0 fully saturated rings. The summed E-state index contributed by atoms with van der Waals surface area (Å²) < 4.78 is 5.15. The molecule has 1 aromatic heterocycles. The molecule has 2 aromatic carbocycles. The van der Waals surface area contributed by atoms with E-state index in [0.29, 0.717) is 11.3 Å². The second-order valence-electron chi connectivity index (χ2n) is 5.09. The van der Waals surface area contributed by atoms with E-state index in [9.17, 15) is 4.79 Å². The molecule has 0 spiro atoms. The molecule has 0 saturated carbocycles. The average molecular weight is 319 g/mol. The Morgan fingerprint density at radius 2 is 1.71 bits per heavy atom. The zero-order chi connectivity index (χ0) is 16.8. The van der Waals surface area contributed by atoms with Gasteiger partial charge in [-0.3, -0.25) is 9.78 Å². The summed E-state index contributed by atoms with van der Waals surface area (Å²) in [6.07, 6.45) is 3.17. The molecular weight excluding hydrogens is 302 g/mol. The Hall–Kier alpha value is -3.34. The van der Waals surface area contributed by atoms with Crippen molar-refractivity contribution in [2.24, 2.45) is 0 Å². The number of nitrogens with zero attached hydrogens (tertiary/aromatic N) is 1. The van der Waals surface area contributed by atoms with E-state index in [1.54, 1.807) is 25.4 Å². The monoisotopic (exact) mass is 319 g/mol. The average Bonchev–Trinajstić information content (AvgIpc) is 2.64. The van der Waals surface area contributed by atoms with Crippen LogP contribution in [0.1, 0.15) is 10.4 Å². The third kappa shape index (κ3) is 3.70. The van der Waals surface area contributed by atoms with Crippen LogP contribution >= 0.6 is 0 Å². The number of carbonyl (C=O) groups excluding carboxylic acids is 1. The molecule has 0 aliphatic rings. The highest BCUT2D eigenvalue weighted by atomic mass is 16.5. The summed E-state index contributed by atoms with van der Waals surface area (Å²) in [7, 11) is 1.63. The molecule has 1 heterocycles. The summed E-state index contributed by atoms with van der Waals surface area (Å²) in [6.45, 7) is 0. The highest BCUT2D eigenvalue weighted by molar-refractivity contribution is 6.05. The number of benzene rings is 2. The predicted molar refractivity (Wildman–Crippen MR) is 94.9 cm³/mol. The van der Waals surface area contributed by atoms with Crippen molar-refractivity contribution >= 4 is 23.0 Å². The standard InChI is InChI=1S/C19H17N3O2/c1-24-16-10-8-15(9-11-16)21-17-6-2-3-7-18(17)22-19(23)14-5-4-12-20-13-14/h2-13,21H,1H3,(H,22,23). The number of rotatable bonds is 5. The number of anilines is 3. The van der Waals surface area contributed by atoms with Crippen molar-refractivity contribution in [1.29, 1.82) is 0 Å². The Balaban J connectivity index is 1.78. The minimum absolute atomic E-state index is 0.202. The molecule has 3 aromatic rings. The molecule has 0 aliphatic heterocycles. The minimum atomic E-state index is -0.202. The first-order chi connectivity index (χ1) is 11.8. The highest BCUT2D eigenvalue weighted by Gasteiger charge is 2.09. The van der Waals surface area contributed by atoms with E-state index < -0.39 is 0 Å². The molecule has 3 rings (SSSR count). The van der Waals surface area contributed by atoms with Crippen molar-refractivity contribution in [3.8, 4) is 5.75 Å². The molecule has 0 atom stereocenters. The molecule has 0 saturated heterocycles. The fraction of sp³-hybridized carbons (Fsp3) is 0.0526. The maximum absolute atomic E-state index is 12.3. The molecule has 120 valence electrons. The van der Waals surface area contributed by atoms with E-state index in [-0.39, 0.29) is 5.91 Å². The number of hydrogen-bond donors (Lipinski definition) is 2. The first kappa shape index (κ1) is 15.6. The van der Waals surface area contributed by atoms with Crippen molar-refractivity contribution in [1.82, 2.24) is 4.98 Å². The van der Waals surface area contributed by atoms with Crippen LogP contribution in [0.25, 0.3) is 0 Å². The van der Waals surface area contributed by atoms with Gasteiger partial charge in [0.2, 0.25) is 0 Å². The van der Waals surface area contributed by atoms with Crippen molar-refractivity contribution in [3.63, 3.8) is 0 Å². The van der Waals surface area contributed by atoms with Gasteiger partial charge in [0.1, 0.15) is 5.75 Å². The van der Waals surface area contributed by atoms with Crippen LogP contribution in [0, 0.1) is 0 Å². The third-order valence-electron chi connectivity index (χ3n) is 3.47. The van der Waals surface area contributed by atoms with Gasteiger partial charge >= 0.3 is 0 Å². The van der Waals surface area contributed by atoms with Gasteiger partial charge in [0.15, 0.2) is 0 Å². The second-order valence-corrected chi connectivity index (χ2v) is 5.09. The molecule has 5 nitrogen and oxygen atoms in total. The number of para-hydroxylation sites is 2. The van der Waals surface area contributed by atoms with Crippen LogP contribution in [0.3, 0.4) is 0 Å². The second kappa shape index (κ2) is 7.28. The van der Waals surface area contributed by atoms with Gasteiger partial charge in [-0.15, -0.1) is 0 Å². The number of amides is 1. The van der Waals surface area contributed by atoms with E-state index in [0.717, 1.165) is 17.1 Å². The lowest BCUT2D eigenvalue weighted by Gasteiger charge is -2.13. The van der Waals surface area contributed by atoms with E-state index in [1.165, 1.54) is 6.20 Å². The minimum Gasteiger partial charge on any atom is -0.497 e. The molecule has 24 heavy (non-hydrogen) atoms. The zero-order valence-corrected chi connectivity index (χ0v) is 13.2. The summed E-state index contributed by atoms with van der Waals surface area (Å²) in [5.41, 5.74) is 2.91. The molecule has 0 aliphatic carbocycles. The van der Waals surface area contributed by atoms with Crippen molar-refractivity contribution in [2.45, 2.75) is 0 Å². The van der Waals surface area contributed by atoms with Gasteiger partial charge in [0.25, 0.3) is 5.91 Å². The lowest BCUT2D eigenvalue weighted by Crippen LogP contribution is -2.13. The number of hydrogen-bond acceptors (Lipinski definition) is 4. The Morgan fingerprint density at radius 3 is 2.38 bits per heavy atom. The fourth-order valence-electron chi connectivity index (χ4n) is 2.22. The molecule has 0 radical (unpaired) electrons. The van der Waals surface area contributed by atoms with Crippen LogP contribution in [0.2, 0.25) is 0 Å². The van der Waals surface area contributed by atoms with E-state index in [4.69, 9.17) is 4.74 Å². The van der Waals surface area contributed by atoms with Crippen LogP contribution in [-0.2, 0) is 0 Å². The van der Waals surface area contributed by atoms with Gasteiger partial charge in [-0.05, 0) is 48.5 Å². The SMILES string of the molecule is COc1ccc(Nc2ccccc2NC(=O)c2cccnc2)cc1. The quantitative estimate of drug-likeness (QED) is 0.743. The van der Waals surface area contributed by atoms with Gasteiger partial charge in [0.05, 0.1) is 24.0 Å². The van der Waals surface area contributed by atoms with Crippen molar-refractivity contribution in [3.05, 3.63) is 78.6 Å². The molecular formula is C19H17N3O2. The third-order valence-corrected chi connectivity index (χ3v) is 3.47. The van der Waals surface area contributed by atoms with E-state index in [1.807, 2.05) is 48.5 Å². The summed E-state index contributed by atoms with van der Waals surface area (Å²) >= 11 is 0. The molecule has 0 unspecified atom stereocenters. The molecule has 2 N–H and O–H groups in total. The number of ether oxygens (including phenoxy) is 1. The van der Waals surface area contributed by atoms with Gasteiger partial charge in [0, 0.05) is 18.1 Å². The summed E-state index contributed by atoms with van der Waals surface area (Å²) in [6, 6.07) is 18.6. The lowest BCUT2D eigenvalue weighted by atomic mass is 10.2. The van der Waals surface area contributed by atoms with Crippen LogP contribution < -0.4 is 15.4 Å². The Bertz CT molecular complexity index is 818. The van der Waals surface area contributed by atoms with Crippen LogP contribution in [0.4, 0.5) is 17.1 Å². The first-order valence-corrected chi connectivity index (χ1v) is 7.48. The fourth-order valence-corrected chi connectivity index (χ4v) is 2.22. The van der Waals surface area contributed by atoms with Gasteiger partial charge < -0.3 is 15.4 Å². The number of methoxy groups -OCH3 is 1. The summed E-state index contributed by atoms with van der Waals surface area (Å²) in [4.78, 5) is 16.3. The largest absolute Gasteiger partial charge is 0.497 e. The first-order valence-electron chi connectivity index (χ1n) is 7.48. The van der Waals surface area contributed by atoms with E-state index in [2.05, 4.69) is 15.6 Å². The number of carbonyl (C=O) groups is 1. The summed E-state index contributed by atoms with van der Waals surface area (Å²) in [5.74, 6) is 0.589. The molecule has 5 heteroatoms. The maximum Gasteiger partial charge on any atom is 0.257 e. The van der Waals surface area contributed by atoms with Crippen molar-refractivity contribution < 1.29 is 9.53 Å². The summed E-state index contributed by atoms with van der Waals surface area (Å²) in [5, 5.41) is 6.20. The number of aromatic nitrogens is 1. The lowest BCUT2D eigenvalue weighted by molar-refractivity contribution is 0.102. The highest BCUT2D eigenvalue weighted by Crippen LogP contribution is 2.26. The Morgan fingerprint density at radius 1 is 0.958 bits per heavy atom. The van der Waals surface area contributed by atoms with Crippen LogP contribution in [0.15, 0.2) is 73.1 Å². The smallest absolute Gasteiger partial charge is 0.257 e. The van der Waals surface area contributed by atoms with Gasteiger partial charge in [-0.2, -0.15) is 0 Å². The number of pyridine rings is 1. The maximum atomic E-state index is 12.3. The van der Waals surface area contributed by atoms with E-state index >= 15 is 0 Å². The normalized spacial score (nSPS) is 10.0. The van der Waals surface area contributed by atoms with Gasteiger partial charge in [-0.25, -0.2) is 0 Å². The zero-order valence-electron chi connectivity index (χ0n) is 13.2. The topological polar surface area (TPSA) is 63.2 Å². The predicted octanol–water partition coefficient (Wildman–Crippen LogP) is 4.09. The van der Waals surface area contributed by atoms with Crippen LogP contribution in [0.5, 0.6) is 5.75 Å². The Kier molecular flexibility index (Phi) is 4.72. The Labute approximate surface area is 140 Å². The van der Waals surface area contributed by atoms with Crippen molar-refractivity contribution in [2.75, 3.05) is 17.7 Å².